The number of nitrogens with two attached hydrogens (primary N) is 1. The largest absolute Gasteiger partial charge is 0.372 e. The van der Waals surface area contributed by atoms with E-state index in [1.807, 2.05) is 31.0 Å². The molecule has 0 aromatic heterocycles. The van der Waals surface area contributed by atoms with E-state index < -0.39 is 0 Å². The molecule has 1 atom stereocenters. The fourth-order valence-electron chi connectivity index (χ4n) is 1.68. The summed E-state index contributed by atoms with van der Waals surface area (Å²) in [7, 11) is 1.96. The van der Waals surface area contributed by atoms with Crippen LogP contribution in [0.15, 0.2) is 24.3 Å². The van der Waals surface area contributed by atoms with Gasteiger partial charge in [0.1, 0.15) is 6.04 Å². The van der Waals surface area contributed by atoms with Crippen molar-refractivity contribution in [2.45, 2.75) is 19.9 Å². The molecule has 4 heteroatoms. The minimum atomic E-state index is -0.314. The Hall–Kier alpha value is -1.55. The van der Waals surface area contributed by atoms with Gasteiger partial charge < -0.3 is 16.0 Å². The summed E-state index contributed by atoms with van der Waals surface area (Å²) in [5.41, 5.74) is 7.65. The molecule has 3 N–H and O–H groups in total. The van der Waals surface area contributed by atoms with Gasteiger partial charge in [0, 0.05) is 19.3 Å². The number of primary amides is 1. The first-order chi connectivity index (χ1) is 8.04. The number of likely N-dealkylation sites (N-methyl/N-ethyl adjacent to an activating group) is 2. The molecule has 0 fully saturated rings. The van der Waals surface area contributed by atoms with E-state index in [1.165, 1.54) is 5.56 Å². The first-order valence-corrected chi connectivity index (χ1v) is 5.85. The van der Waals surface area contributed by atoms with Crippen molar-refractivity contribution in [1.29, 1.82) is 0 Å². The van der Waals surface area contributed by atoms with Crippen LogP contribution in [0, 0.1) is 6.92 Å². The summed E-state index contributed by atoms with van der Waals surface area (Å²) in [6.45, 7) is 5.32. The highest BCUT2D eigenvalue weighted by atomic mass is 16.1. The molecule has 17 heavy (non-hydrogen) atoms. The second-order valence-corrected chi connectivity index (χ2v) is 4.23. The maximum atomic E-state index is 11.2. The highest BCUT2D eigenvalue weighted by Crippen LogP contribution is 2.13. The molecule has 4 nitrogen and oxygen atoms in total. The van der Waals surface area contributed by atoms with Crippen molar-refractivity contribution >= 4 is 11.6 Å². The number of nitrogens with zero attached hydrogens (tertiary/aromatic N) is 1. The van der Waals surface area contributed by atoms with Crippen molar-refractivity contribution in [3.63, 3.8) is 0 Å². The number of nitrogens with one attached hydrogen (secondary N) is 1. The average Bonchev–Trinajstić information content (AvgIpc) is 2.29. The molecule has 1 amide bonds. The predicted molar refractivity (Wildman–Crippen MR) is 71.1 cm³/mol. The number of carbonyl (C=O) groups is 1. The van der Waals surface area contributed by atoms with E-state index in [9.17, 15) is 4.79 Å². The van der Waals surface area contributed by atoms with Crippen molar-refractivity contribution in [2.24, 2.45) is 5.73 Å². The Morgan fingerprint density at radius 2 is 2.00 bits per heavy atom. The molecule has 0 radical (unpaired) electrons. The fraction of sp³-hybridized carbons (Fsp3) is 0.462. The normalized spacial score (nSPS) is 12.2. The van der Waals surface area contributed by atoms with Gasteiger partial charge in [-0.05, 0) is 25.6 Å². The van der Waals surface area contributed by atoms with E-state index in [2.05, 4.69) is 24.4 Å². The number of rotatable bonds is 6. The van der Waals surface area contributed by atoms with Gasteiger partial charge in [-0.3, -0.25) is 4.79 Å². The topological polar surface area (TPSA) is 58.4 Å². The van der Waals surface area contributed by atoms with Gasteiger partial charge in [-0.2, -0.15) is 0 Å². The Morgan fingerprint density at radius 1 is 1.41 bits per heavy atom. The van der Waals surface area contributed by atoms with Crippen LogP contribution in [0.2, 0.25) is 0 Å². The number of hydrogen-bond donors (Lipinski definition) is 2. The molecular weight excluding hydrogens is 214 g/mol. The smallest absolute Gasteiger partial charge is 0.236 e. The van der Waals surface area contributed by atoms with Crippen LogP contribution in [-0.2, 0) is 4.79 Å². The number of hydrogen-bond acceptors (Lipinski definition) is 3. The molecule has 0 saturated heterocycles. The zero-order valence-corrected chi connectivity index (χ0v) is 10.7. The number of carbonyl (C=O) groups excluding carboxylic acids is 1. The van der Waals surface area contributed by atoms with Gasteiger partial charge in [0.05, 0.1) is 0 Å². The second-order valence-electron chi connectivity index (χ2n) is 4.23. The van der Waals surface area contributed by atoms with Gasteiger partial charge in [-0.15, -0.1) is 0 Å². The first kappa shape index (κ1) is 13.5. The lowest BCUT2D eigenvalue weighted by molar-refractivity contribution is -0.119. The molecule has 94 valence electrons. The third kappa shape index (κ3) is 4.07. The van der Waals surface area contributed by atoms with Crippen molar-refractivity contribution < 1.29 is 4.79 Å². The SMILES string of the molecule is CCNC(CN(C)c1ccc(C)cc1)C(N)=O. The van der Waals surface area contributed by atoms with Crippen molar-refractivity contribution in [3.8, 4) is 0 Å². The maximum Gasteiger partial charge on any atom is 0.236 e. The van der Waals surface area contributed by atoms with Crippen LogP contribution in [0.25, 0.3) is 0 Å². The third-order valence-electron chi connectivity index (χ3n) is 2.73. The van der Waals surface area contributed by atoms with Crippen LogP contribution in [-0.4, -0.2) is 32.1 Å². The zero-order valence-electron chi connectivity index (χ0n) is 10.7. The number of benzene rings is 1. The van der Waals surface area contributed by atoms with Gasteiger partial charge in [0.15, 0.2) is 0 Å². The molecule has 0 spiro atoms. The highest BCUT2D eigenvalue weighted by Gasteiger charge is 2.16. The molecule has 1 unspecified atom stereocenters. The summed E-state index contributed by atoms with van der Waals surface area (Å²) in [5.74, 6) is -0.314. The summed E-state index contributed by atoms with van der Waals surface area (Å²) in [6.07, 6.45) is 0. The molecule has 0 bridgehead atoms. The van der Waals surface area contributed by atoms with Crippen LogP contribution in [0.4, 0.5) is 5.69 Å². The van der Waals surface area contributed by atoms with E-state index in [0.717, 1.165) is 12.2 Å². The zero-order chi connectivity index (χ0) is 12.8. The lowest BCUT2D eigenvalue weighted by Gasteiger charge is -2.24. The standard InChI is InChI=1S/C13H21N3O/c1-4-15-12(13(14)17)9-16(3)11-7-5-10(2)6-8-11/h5-8,12,15H,4,9H2,1-3H3,(H2,14,17). The van der Waals surface area contributed by atoms with Crippen LogP contribution in [0.3, 0.4) is 0 Å². The Labute approximate surface area is 103 Å². The second kappa shape index (κ2) is 6.25. The van der Waals surface area contributed by atoms with E-state index in [4.69, 9.17) is 5.73 Å². The Balaban J connectivity index is 2.66. The number of amides is 1. The van der Waals surface area contributed by atoms with E-state index in [-0.39, 0.29) is 11.9 Å². The molecule has 0 aliphatic heterocycles. The summed E-state index contributed by atoms with van der Waals surface area (Å²) < 4.78 is 0. The van der Waals surface area contributed by atoms with E-state index in [0.29, 0.717) is 6.54 Å². The molecule has 1 aromatic rings. The predicted octanol–water partition coefficient (Wildman–Crippen LogP) is 0.895. The van der Waals surface area contributed by atoms with Gasteiger partial charge >= 0.3 is 0 Å². The van der Waals surface area contributed by atoms with Gasteiger partial charge in [-0.1, -0.05) is 24.6 Å². The summed E-state index contributed by atoms with van der Waals surface area (Å²) in [6, 6.07) is 7.88. The van der Waals surface area contributed by atoms with E-state index >= 15 is 0 Å². The van der Waals surface area contributed by atoms with E-state index in [1.54, 1.807) is 0 Å². The Kier molecular flexibility index (Phi) is 4.97. The highest BCUT2D eigenvalue weighted by molar-refractivity contribution is 5.80. The molecule has 1 rings (SSSR count). The minimum absolute atomic E-state index is 0.314. The molecule has 0 aliphatic carbocycles. The molecule has 0 aliphatic rings. The summed E-state index contributed by atoms with van der Waals surface area (Å²) >= 11 is 0. The number of anilines is 1. The average molecular weight is 235 g/mol. The van der Waals surface area contributed by atoms with Gasteiger partial charge in [-0.25, -0.2) is 0 Å². The van der Waals surface area contributed by atoms with Gasteiger partial charge in [0.25, 0.3) is 0 Å². The third-order valence-corrected chi connectivity index (χ3v) is 2.73. The van der Waals surface area contributed by atoms with Crippen molar-refractivity contribution in [1.82, 2.24) is 5.32 Å². The molecule has 0 heterocycles. The maximum absolute atomic E-state index is 11.2. The lowest BCUT2D eigenvalue weighted by atomic mass is 10.2. The number of aryl methyl sites for hydroxylation is 1. The summed E-state index contributed by atoms with van der Waals surface area (Å²) in [4.78, 5) is 13.3. The van der Waals surface area contributed by atoms with Crippen molar-refractivity contribution in [2.75, 3.05) is 25.0 Å². The molecule has 1 aromatic carbocycles. The summed E-state index contributed by atoms with van der Waals surface area (Å²) in [5, 5.41) is 3.08. The first-order valence-electron chi connectivity index (χ1n) is 5.85. The van der Waals surface area contributed by atoms with Crippen LogP contribution in [0.5, 0.6) is 0 Å². The minimum Gasteiger partial charge on any atom is -0.372 e. The van der Waals surface area contributed by atoms with Crippen molar-refractivity contribution in [3.05, 3.63) is 29.8 Å². The van der Waals surface area contributed by atoms with Crippen LogP contribution >= 0.6 is 0 Å². The van der Waals surface area contributed by atoms with Gasteiger partial charge in [0.2, 0.25) is 5.91 Å². The Bertz CT molecular complexity index is 361. The lowest BCUT2D eigenvalue weighted by Crippen LogP contribution is -2.48. The quantitative estimate of drug-likeness (QED) is 0.770. The molecular formula is C13H21N3O. The van der Waals surface area contributed by atoms with Crippen LogP contribution in [0.1, 0.15) is 12.5 Å². The molecule has 0 saturated carbocycles. The fourth-order valence-corrected chi connectivity index (χ4v) is 1.68. The van der Waals surface area contributed by atoms with Crippen LogP contribution < -0.4 is 16.0 Å². The Morgan fingerprint density at radius 3 is 2.47 bits per heavy atom. The monoisotopic (exact) mass is 235 g/mol.